The van der Waals surface area contributed by atoms with Gasteiger partial charge in [0, 0.05) is 0 Å². The summed E-state index contributed by atoms with van der Waals surface area (Å²) >= 11 is 0. The van der Waals surface area contributed by atoms with Gasteiger partial charge in [0.1, 0.15) is 6.10 Å². The van der Waals surface area contributed by atoms with Crippen LogP contribution < -0.4 is 0 Å². The maximum Gasteiger partial charge on any atom is 0.103 e. The third-order valence-corrected chi connectivity index (χ3v) is 4.29. The van der Waals surface area contributed by atoms with Crippen molar-refractivity contribution < 1.29 is 9.84 Å². The second kappa shape index (κ2) is 6.53. The molecular formula is C17H26O2. The molecule has 0 saturated heterocycles. The van der Waals surface area contributed by atoms with Crippen molar-refractivity contribution in [1.82, 2.24) is 0 Å². The minimum absolute atomic E-state index is 0.328. The lowest BCUT2D eigenvalue weighted by atomic mass is 9.88. The molecule has 1 fully saturated rings. The van der Waals surface area contributed by atoms with Crippen LogP contribution in [0.15, 0.2) is 18.2 Å². The fourth-order valence-corrected chi connectivity index (χ4v) is 3.03. The van der Waals surface area contributed by atoms with Crippen LogP contribution in [0, 0.1) is 19.8 Å². The van der Waals surface area contributed by atoms with Crippen LogP contribution in [0.5, 0.6) is 0 Å². The van der Waals surface area contributed by atoms with Crippen LogP contribution in [0.25, 0.3) is 0 Å². The Morgan fingerprint density at radius 1 is 1.26 bits per heavy atom. The van der Waals surface area contributed by atoms with Gasteiger partial charge in [0.05, 0.1) is 12.7 Å². The lowest BCUT2D eigenvalue weighted by Gasteiger charge is -2.29. The monoisotopic (exact) mass is 262 g/mol. The van der Waals surface area contributed by atoms with Crippen LogP contribution in [-0.2, 0) is 4.74 Å². The van der Waals surface area contributed by atoms with Crippen LogP contribution in [-0.4, -0.2) is 17.8 Å². The van der Waals surface area contributed by atoms with Gasteiger partial charge in [0.15, 0.2) is 0 Å². The summed E-state index contributed by atoms with van der Waals surface area (Å²) in [5, 5.41) is 10.3. The zero-order valence-corrected chi connectivity index (χ0v) is 12.4. The van der Waals surface area contributed by atoms with Crippen molar-refractivity contribution in [2.45, 2.75) is 58.7 Å². The molecule has 3 atom stereocenters. The van der Waals surface area contributed by atoms with Gasteiger partial charge in [-0.1, -0.05) is 43.5 Å². The van der Waals surface area contributed by atoms with E-state index in [9.17, 15) is 5.11 Å². The highest BCUT2D eigenvalue weighted by Gasteiger charge is 2.23. The maximum atomic E-state index is 10.3. The lowest BCUT2D eigenvalue weighted by Crippen LogP contribution is -2.27. The predicted octanol–water partition coefficient (Wildman–Crippen LogP) is 3.93. The molecule has 0 radical (unpaired) electrons. The molecule has 0 amide bonds. The van der Waals surface area contributed by atoms with E-state index in [4.69, 9.17) is 4.74 Å². The van der Waals surface area contributed by atoms with Crippen LogP contribution in [0.1, 0.15) is 55.4 Å². The van der Waals surface area contributed by atoms with E-state index in [0.717, 1.165) is 17.5 Å². The Morgan fingerprint density at radius 3 is 2.68 bits per heavy atom. The van der Waals surface area contributed by atoms with E-state index in [1.165, 1.54) is 24.8 Å². The number of benzene rings is 1. The Labute approximate surface area is 116 Å². The zero-order valence-electron chi connectivity index (χ0n) is 12.4. The second-order valence-corrected chi connectivity index (χ2v) is 6.01. The standard InChI is InChI=1S/C17H26O2/c1-12-8-9-15(14(3)10-12)16(18)11-19-17-7-5-4-6-13(17)2/h8-10,13,16-18H,4-7,11H2,1-3H3. The third-order valence-electron chi connectivity index (χ3n) is 4.29. The van der Waals surface area contributed by atoms with Crippen LogP contribution in [0.4, 0.5) is 0 Å². The summed E-state index contributed by atoms with van der Waals surface area (Å²) in [5.41, 5.74) is 3.37. The lowest BCUT2D eigenvalue weighted by molar-refractivity contribution is -0.0469. The topological polar surface area (TPSA) is 29.5 Å². The molecule has 0 bridgehead atoms. The first-order chi connectivity index (χ1) is 9.08. The molecule has 0 aliphatic heterocycles. The molecule has 1 aromatic rings. The molecule has 0 spiro atoms. The average Bonchev–Trinajstić information content (AvgIpc) is 2.37. The summed E-state index contributed by atoms with van der Waals surface area (Å²) in [6.45, 7) is 6.80. The molecule has 19 heavy (non-hydrogen) atoms. The van der Waals surface area contributed by atoms with Crippen molar-refractivity contribution >= 4 is 0 Å². The summed E-state index contributed by atoms with van der Waals surface area (Å²) in [7, 11) is 0. The van der Waals surface area contributed by atoms with Gasteiger partial charge >= 0.3 is 0 Å². The first kappa shape index (κ1) is 14.5. The Bertz CT molecular complexity index is 414. The summed E-state index contributed by atoms with van der Waals surface area (Å²) < 4.78 is 5.95. The normalized spacial score (nSPS) is 25.3. The maximum absolute atomic E-state index is 10.3. The summed E-state index contributed by atoms with van der Waals surface area (Å²) in [6.07, 6.45) is 4.80. The Morgan fingerprint density at radius 2 is 2.00 bits per heavy atom. The molecular weight excluding hydrogens is 236 g/mol. The van der Waals surface area contributed by atoms with Gasteiger partial charge in [0.2, 0.25) is 0 Å². The van der Waals surface area contributed by atoms with E-state index in [2.05, 4.69) is 32.9 Å². The van der Waals surface area contributed by atoms with Gasteiger partial charge < -0.3 is 9.84 Å². The number of aliphatic hydroxyl groups excluding tert-OH is 1. The molecule has 1 aliphatic rings. The van der Waals surface area contributed by atoms with E-state index in [1.807, 2.05) is 6.07 Å². The molecule has 1 saturated carbocycles. The van der Waals surface area contributed by atoms with Crippen molar-refractivity contribution in [3.63, 3.8) is 0 Å². The highest BCUT2D eigenvalue weighted by Crippen LogP contribution is 2.28. The summed E-state index contributed by atoms with van der Waals surface area (Å²) in [5.74, 6) is 0.625. The Kier molecular flexibility index (Phi) is 5.00. The van der Waals surface area contributed by atoms with Crippen molar-refractivity contribution in [2.24, 2.45) is 5.92 Å². The van der Waals surface area contributed by atoms with Crippen LogP contribution in [0.3, 0.4) is 0 Å². The van der Waals surface area contributed by atoms with Gasteiger partial charge in [-0.05, 0) is 43.7 Å². The fraction of sp³-hybridized carbons (Fsp3) is 0.647. The first-order valence-electron chi connectivity index (χ1n) is 7.44. The van der Waals surface area contributed by atoms with E-state index in [0.29, 0.717) is 18.6 Å². The van der Waals surface area contributed by atoms with Gasteiger partial charge in [-0.25, -0.2) is 0 Å². The highest BCUT2D eigenvalue weighted by molar-refractivity contribution is 5.31. The van der Waals surface area contributed by atoms with Crippen molar-refractivity contribution in [1.29, 1.82) is 0 Å². The molecule has 2 rings (SSSR count). The number of aryl methyl sites for hydroxylation is 2. The number of hydrogen-bond acceptors (Lipinski definition) is 2. The molecule has 1 aliphatic carbocycles. The average molecular weight is 262 g/mol. The number of aliphatic hydroxyl groups is 1. The molecule has 0 aromatic heterocycles. The van der Waals surface area contributed by atoms with Crippen molar-refractivity contribution in [3.8, 4) is 0 Å². The largest absolute Gasteiger partial charge is 0.386 e. The SMILES string of the molecule is Cc1ccc(C(O)COC2CCCCC2C)c(C)c1. The number of rotatable bonds is 4. The molecule has 0 heterocycles. The minimum atomic E-state index is -0.505. The number of hydrogen-bond donors (Lipinski definition) is 1. The predicted molar refractivity (Wildman–Crippen MR) is 78.2 cm³/mol. The van der Waals surface area contributed by atoms with E-state index >= 15 is 0 Å². The van der Waals surface area contributed by atoms with Gasteiger partial charge in [-0.3, -0.25) is 0 Å². The molecule has 1 aromatic carbocycles. The van der Waals surface area contributed by atoms with E-state index in [-0.39, 0.29) is 0 Å². The summed E-state index contributed by atoms with van der Waals surface area (Å²) in [6, 6.07) is 6.18. The zero-order chi connectivity index (χ0) is 13.8. The Hall–Kier alpha value is -0.860. The van der Waals surface area contributed by atoms with Gasteiger partial charge in [-0.2, -0.15) is 0 Å². The minimum Gasteiger partial charge on any atom is -0.386 e. The number of ether oxygens (including phenoxy) is 1. The first-order valence-corrected chi connectivity index (χ1v) is 7.44. The molecule has 1 N–H and O–H groups in total. The van der Waals surface area contributed by atoms with E-state index < -0.39 is 6.10 Å². The molecule has 2 nitrogen and oxygen atoms in total. The molecule has 106 valence electrons. The van der Waals surface area contributed by atoms with Crippen LogP contribution in [0.2, 0.25) is 0 Å². The Balaban J connectivity index is 1.91. The van der Waals surface area contributed by atoms with Crippen molar-refractivity contribution in [2.75, 3.05) is 6.61 Å². The van der Waals surface area contributed by atoms with Gasteiger partial charge in [0.25, 0.3) is 0 Å². The fourth-order valence-electron chi connectivity index (χ4n) is 3.03. The van der Waals surface area contributed by atoms with Gasteiger partial charge in [-0.15, -0.1) is 0 Å². The molecule has 3 unspecified atom stereocenters. The van der Waals surface area contributed by atoms with E-state index in [1.54, 1.807) is 0 Å². The third kappa shape index (κ3) is 3.80. The second-order valence-electron chi connectivity index (χ2n) is 6.01. The summed E-state index contributed by atoms with van der Waals surface area (Å²) in [4.78, 5) is 0. The smallest absolute Gasteiger partial charge is 0.103 e. The quantitative estimate of drug-likeness (QED) is 0.890. The highest BCUT2D eigenvalue weighted by atomic mass is 16.5. The van der Waals surface area contributed by atoms with Crippen LogP contribution >= 0.6 is 0 Å². The molecule has 2 heteroatoms. The van der Waals surface area contributed by atoms with Crippen molar-refractivity contribution in [3.05, 3.63) is 34.9 Å².